The van der Waals surface area contributed by atoms with E-state index < -0.39 is 36.9 Å². The zero-order valence-corrected chi connectivity index (χ0v) is 28.9. The van der Waals surface area contributed by atoms with Crippen molar-refractivity contribution in [3.05, 3.63) is 24.3 Å². The van der Waals surface area contributed by atoms with Gasteiger partial charge in [0.15, 0.2) is 0 Å². The van der Waals surface area contributed by atoms with Gasteiger partial charge in [0.25, 0.3) is 0 Å². The number of hydrogen-bond acceptors (Lipinski definition) is 5. The molecule has 0 aliphatic rings. The van der Waals surface area contributed by atoms with Crippen LogP contribution in [0, 0.1) is 0 Å². The van der Waals surface area contributed by atoms with Gasteiger partial charge in [0.1, 0.15) is 12.2 Å². The number of carbonyl (C=O) groups is 1. The average Bonchev–Trinajstić information content (AvgIpc) is 3.03. The number of allylic oxidation sites excluding steroid dienone is 4. The molecule has 6 nitrogen and oxygen atoms in total. The van der Waals surface area contributed by atoms with Gasteiger partial charge in [-0.15, -0.1) is 0 Å². The first kappa shape index (κ1) is 42.8. The summed E-state index contributed by atoms with van der Waals surface area (Å²) >= 11 is 0. The molecule has 0 aliphatic carbocycles. The standard InChI is InChI=1S/C38H73NO5/c1-3-5-7-9-11-13-14-15-16-17-18-19-20-21-22-24-25-27-29-31-35(41)37(43)34(33-40)39-38(44)36(42)32-30-28-26-23-12-10-8-6-4-2/h10,12,24-25,34-37,40-43H,3-9,11,13-23,26-33H2,1-2H3,(H,39,44)/b12-10-,25-24+. The topological polar surface area (TPSA) is 110 Å². The molecule has 1 amide bonds. The molecule has 0 aromatic carbocycles. The Morgan fingerprint density at radius 1 is 0.545 bits per heavy atom. The number of unbranched alkanes of at least 4 members (excludes halogenated alkanes) is 20. The van der Waals surface area contributed by atoms with E-state index in [1.807, 2.05) is 0 Å². The summed E-state index contributed by atoms with van der Waals surface area (Å²) in [6.45, 7) is 3.96. The van der Waals surface area contributed by atoms with E-state index >= 15 is 0 Å². The van der Waals surface area contributed by atoms with Crippen molar-refractivity contribution in [3.63, 3.8) is 0 Å². The first-order chi connectivity index (χ1) is 21.5. The summed E-state index contributed by atoms with van der Waals surface area (Å²) in [6.07, 6.45) is 35.0. The van der Waals surface area contributed by atoms with Crippen molar-refractivity contribution in [1.29, 1.82) is 0 Å². The van der Waals surface area contributed by atoms with Crippen molar-refractivity contribution in [1.82, 2.24) is 5.32 Å². The van der Waals surface area contributed by atoms with Gasteiger partial charge in [-0.2, -0.15) is 0 Å². The molecule has 0 saturated carbocycles. The van der Waals surface area contributed by atoms with Crippen LogP contribution in [0.4, 0.5) is 0 Å². The van der Waals surface area contributed by atoms with Crippen LogP contribution in [0.15, 0.2) is 24.3 Å². The van der Waals surface area contributed by atoms with Crippen molar-refractivity contribution in [3.8, 4) is 0 Å². The molecule has 0 aromatic rings. The minimum absolute atomic E-state index is 0.341. The minimum atomic E-state index is -1.28. The maximum atomic E-state index is 12.4. The highest BCUT2D eigenvalue weighted by atomic mass is 16.3. The van der Waals surface area contributed by atoms with Crippen LogP contribution in [0.1, 0.15) is 181 Å². The monoisotopic (exact) mass is 624 g/mol. The van der Waals surface area contributed by atoms with Gasteiger partial charge in [-0.1, -0.05) is 147 Å². The highest BCUT2D eigenvalue weighted by Gasteiger charge is 2.28. The lowest BCUT2D eigenvalue weighted by molar-refractivity contribution is -0.132. The number of aliphatic hydroxyl groups is 4. The van der Waals surface area contributed by atoms with Crippen molar-refractivity contribution >= 4 is 5.91 Å². The Kier molecular flexibility index (Phi) is 32.2. The van der Waals surface area contributed by atoms with Gasteiger partial charge < -0.3 is 25.7 Å². The summed E-state index contributed by atoms with van der Waals surface area (Å²) < 4.78 is 0. The molecule has 4 atom stereocenters. The van der Waals surface area contributed by atoms with Crippen LogP contribution in [-0.2, 0) is 4.79 Å². The van der Waals surface area contributed by atoms with Gasteiger partial charge in [0.05, 0.1) is 18.8 Å². The molecule has 5 N–H and O–H groups in total. The lowest BCUT2D eigenvalue weighted by atomic mass is 10.00. The van der Waals surface area contributed by atoms with E-state index in [4.69, 9.17) is 0 Å². The Bertz CT molecular complexity index is 668. The number of aliphatic hydroxyl groups excluding tert-OH is 4. The zero-order chi connectivity index (χ0) is 32.5. The SMILES string of the molecule is CCCC/C=C\CCCCCC(O)C(=O)NC(CO)C(O)C(O)CCC/C=C/CCCCCCCCCCCCCCCC. The van der Waals surface area contributed by atoms with Crippen LogP contribution >= 0.6 is 0 Å². The molecule has 0 aromatic heterocycles. The summed E-state index contributed by atoms with van der Waals surface area (Å²) in [5.74, 6) is -0.610. The maximum Gasteiger partial charge on any atom is 0.249 e. The van der Waals surface area contributed by atoms with Gasteiger partial charge in [-0.25, -0.2) is 0 Å². The van der Waals surface area contributed by atoms with E-state index in [2.05, 4.69) is 43.5 Å². The van der Waals surface area contributed by atoms with E-state index in [0.29, 0.717) is 12.8 Å². The van der Waals surface area contributed by atoms with Gasteiger partial charge in [0, 0.05) is 0 Å². The third-order valence-electron chi connectivity index (χ3n) is 8.63. The Hall–Kier alpha value is -1.21. The van der Waals surface area contributed by atoms with Crippen LogP contribution in [-0.4, -0.2) is 57.3 Å². The third-order valence-corrected chi connectivity index (χ3v) is 8.63. The van der Waals surface area contributed by atoms with E-state index in [1.165, 1.54) is 103 Å². The van der Waals surface area contributed by atoms with Crippen molar-refractivity contribution in [2.24, 2.45) is 0 Å². The molecule has 4 unspecified atom stereocenters. The first-order valence-electron chi connectivity index (χ1n) is 18.7. The Balaban J connectivity index is 3.81. The second-order valence-corrected chi connectivity index (χ2v) is 12.9. The van der Waals surface area contributed by atoms with Gasteiger partial charge in [-0.05, 0) is 57.8 Å². The highest BCUT2D eigenvalue weighted by Crippen LogP contribution is 2.14. The van der Waals surface area contributed by atoms with Crippen molar-refractivity contribution in [2.45, 2.75) is 205 Å². The van der Waals surface area contributed by atoms with Crippen molar-refractivity contribution < 1.29 is 25.2 Å². The molecule has 0 fully saturated rings. The Morgan fingerprint density at radius 2 is 0.955 bits per heavy atom. The molecule has 6 heteroatoms. The Morgan fingerprint density at radius 3 is 1.43 bits per heavy atom. The number of hydrogen-bond donors (Lipinski definition) is 5. The van der Waals surface area contributed by atoms with E-state index in [-0.39, 0.29) is 0 Å². The minimum Gasteiger partial charge on any atom is -0.394 e. The molecule has 0 radical (unpaired) electrons. The van der Waals surface area contributed by atoms with Gasteiger partial charge in [-0.3, -0.25) is 4.79 Å². The largest absolute Gasteiger partial charge is 0.394 e. The van der Waals surface area contributed by atoms with E-state index in [1.54, 1.807) is 0 Å². The van der Waals surface area contributed by atoms with Crippen LogP contribution in [0.2, 0.25) is 0 Å². The molecule has 0 rings (SSSR count). The summed E-state index contributed by atoms with van der Waals surface area (Å²) in [5.41, 5.74) is 0. The van der Waals surface area contributed by atoms with Crippen LogP contribution in [0.3, 0.4) is 0 Å². The molecule has 0 saturated heterocycles. The first-order valence-corrected chi connectivity index (χ1v) is 18.7. The quantitative estimate of drug-likeness (QED) is 0.0371. The number of carbonyl (C=O) groups excluding carboxylic acids is 1. The van der Waals surface area contributed by atoms with Gasteiger partial charge in [0.2, 0.25) is 5.91 Å². The van der Waals surface area contributed by atoms with Crippen LogP contribution < -0.4 is 5.32 Å². The second-order valence-electron chi connectivity index (χ2n) is 12.9. The summed E-state index contributed by atoms with van der Waals surface area (Å²) in [4.78, 5) is 12.4. The molecular formula is C38H73NO5. The Labute approximate surface area is 272 Å². The molecule has 44 heavy (non-hydrogen) atoms. The normalized spacial score (nSPS) is 14.8. The fourth-order valence-corrected chi connectivity index (χ4v) is 5.56. The number of rotatable bonds is 33. The molecule has 0 aliphatic heterocycles. The third kappa shape index (κ3) is 27.1. The summed E-state index contributed by atoms with van der Waals surface area (Å²) in [5, 5.41) is 43.3. The molecule has 0 heterocycles. The average molecular weight is 624 g/mol. The van der Waals surface area contributed by atoms with E-state index in [9.17, 15) is 25.2 Å². The lowest BCUT2D eigenvalue weighted by Crippen LogP contribution is -2.53. The lowest BCUT2D eigenvalue weighted by Gasteiger charge is -2.27. The predicted octanol–water partition coefficient (Wildman–Crippen LogP) is 8.84. The number of amides is 1. The van der Waals surface area contributed by atoms with E-state index in [0.717, 1.165) is 51.4 Å². The molecule has 0 bridgehead atoms. The summed E-state index contributed by atoms with van der Waals surface area (Å²) in [7, 11) is 0. The molecule has 0 spiro atoms. The summed E-state index contributed by atoms with van der Waals surface area (Å²) in [6, 6.07) is -1.00. The molecular weight excluding hydrogens is 550 g/mol. The second kappa shape index (κ2) is 33.2. The fourth-order valence-electron chi connectivity index (χ4n) is 5.56. The molecule has 260 valence electrons. The zero-order valence-electron chi connectivity index (χ0n) is 28.9. The fraction of sp³-hybridized carbons (Fsp3) is 0.868. The number of nitrogens with one attached hydrogen (secondary N) is 1. The highest BCUT2D eigenvalue weighted by molar-refractivity contribution is 5.80. The predicted molar refractivity (Wildman–Crippen MR) is 187 cm³/mol. The van der Waals surface area contributed by atoms with Crippen LogP contribution in [0.5, 0.6) is 0 Å². The maximum absolute atomic E-state index is 12.4. The van der Waals surface area contributed by atoms with Gasteiger partial charge >= 0.3 is 0 Å². The van der Waals surface area contributed by atoms with Crippen LogP contribution in [0.25, 0.3) is 0 Å². The van der Waals surface area contributed by atoms with Crippen molar-refractivity contribution in [2.75, 3.05) is 6.61 Å². The smallest absolute Gasteiger partial charge is 0.249 e.